The van der Waals surface area contributed by atoms with Gasteiger partial charge in [-0.1, -0.05) is 38.5 Å². The summed E-state index contributed by atoms with van der Waals surface area (Å²) in [5.41, 5.74) is 1.02. The van der Waals surface area contributed by atoms with Gasteiger partial charge >= 0.3 is 0 Å². The normalized spacial score (nSPS) is 23.6. The van der Waals surface area contributed by atoms with E-state index in [1.54, 1.807) is 18.2 Å². The van der Waals surface area contributed by atoms with Crippen molar-refractivity contribution in [2.75, 3.05) is 13.2 Å². The third kappa shape index (κ3) is 7.55. The van der Waals surface area contributed by atoms with Crippen molar-refractivity contribution in [1.82, 2.24) is 0 Å². The number of hydrogen-bond acceptors (Lipinski definition) is 3. The van der Waals surface area contributed by atoms with E-state index in [1.165, 1.54) is 6.07 Å². The molecule has 2 aliphatic rings. The lowest BCUT2D eigenvalue weighted by Gasteiger charge is -2.30. The van der Waals surface area contributed by atoms with E-state index in [0.29, 0.717) is 43.4 Å². The fraction of sp³-hybridized carbons (Fsp3) is 0.625. The Hall–Kier alpha value is -2.12. The van der Waals surface area contributed by atoms with E-state index < -0.39 is 23.3 Å². The van der Waals surface area contributed by atoms with Crippen molar-refractivity contribution in [1.29, 1.82) is 0 Å². The lowest BCUT2D eigenvalue weighted by atomic mass is 9.82. The van der Waals surface area contributed by atoms with Crippen LogP contribution in [0.2, 0.25) is 0 Å². The Labute approximate surface area is 230 Å². The average Bonchev–Trinajstić information content (AvgIpc) is 2.96. The quantitative estimate of drug-likeness (QED) is 0.195. The first kappa shape index (κ1) is 29.9. The largest absolute Gasteiger partial charge is 0.490 e. The van der Waals surface area contributed by atoms with Crippen LogP contribution in [0.25, 0.3) is 0 Å². The lowest BCUT2D eigenvalue weighted by Crippen LogP contribution is -2.22. The van der Waals surface area contributed by atoms with Gasteiger partial charge < -0.3 is 14.2 Å². The Morgan fingerprint density at radius 3 is 1.77 bits per heavy atom. The summed E-state index contributed by atoms with van der Waals surface area (Å²) in [7, 11) is 0. The van der Waals surface area contributed by atoms with Crippen molar-refractivity contribution in [2.45, 2.75) is 115 Å². The Kier molecular flexibility index (Phi) is 11.1. The van der Waals surface area contributed by atoms with Gasteiger partial charge in [0.1, 0.15) is 0 Å². The molecule has 0 saturated heterocycles. The average molecular weight is 551 g/mol. The van der Waals surface area contributed by atoms with Gasteiger partial charge in [-0.25, -0.2) is 13.2 Å². The Morgan fingerprint density at radius 2 is 1.18 bits per heavy atom. The lowest BCUT2D eigenvalue weighted by molar-refractivity contribution is 0.0116. The van der Waals surface area contributed by atoms with Gasteiger partial charge in [0, 0.05) is 12.2 Å². The molecule has 2 aliphatic carbocycles. The molecule has 4 rings (SSSR count). The second kappa shape index (κ2) is 14.5. The summed E-state index contributed by atoms with van der Waals surface area (Å²) in [4.78, 5) is 0. The molecule has 2 saturated carbocycles. The maximum Gasteiger partial charge on any atom is 0.200 e. The minimum atomic E-state index is -0.930. The van der Waals surface area contributed by atoms with Crippen molar-refractivity contribution in [3.63, 3.8) is 0 Å². The topological polar surface area (TPSA) is 27.7 Å². The SMILES string of the molecule is CCCCOc1ccc(C2CCC(OCc3ccc(C4CCC(OCCC)CC4)c(F)c3F)CC2)c(F)c1F. The fourth-order valence-electron chi connectivity index (χ4n) is 5.90. The van der Waals surface area contributed by atoms with E-state index in [1.807, 2.05) is 6.92 Å². The summed E-state index contributed by atoms with van der Waals surface area (Å²) in [6.07, 6.45) is 8.65. The van der Waals surface area contributed by atoms with Gasteiger partial charge in [-0.05, 0) is 93.2 Å². The van der Waals surface area contributed by atoms with Gasteiger partial charge in [-0.15, -0.1) is 0 Å². The van der Waals surface area contributed by atoms with Crippen LogP contribution in [0.1, 0.15) is 113 Å². The molecule has 0 aromatic heterocycles. The summed E-state index contributed by atoms with van der Waals surface area (Å²) in [6, 6.07) is 6.48. The zero-order chi connectivity index (χ0) is 27.8. The molecule has 0 bridgehead atoms. The van der Waals surface area contributed by atoms with Crippen molar-refractivity contribution in [3.8, 4) is 5.75 Å². The Balaban J connectivity index is 1.27. The smallest absolute Gasteiger partial charge is 0.200 e. The molecule has 0 atom stereocenters. The number of halogens is 4. The molecule has 2 fully saturated rings. The molecular formula is C32H42F4O3. The van der Waals surface area contributed by atoms with Gasteiger partial charge in [0.25, 0.3) is 0 Å². The summed E-state index contributed by atoms with van der Waals surface area (Å²) in [6.45, 7) is 5.17. The van der Waals surface area contributed by atoms with Crippen molar-refractivity contribution in [3.05, 3.63) is 64.2 Å². The third-order valence-corrected chi connectivity index (χ3v) is 8.28. The van der Waals surface area contributed by atoms with Crippen LogP contribution >= 0.6 is 0 Å². The van der Waals surface area contributed by atoms with Gasteiger partial charge in [0.05, 0.1) is 25.4 Å². The molecule has 2 aromatic rings. The molecule has 0 spiro atoms. The zero-order valence-electron chi connectivity index (χ0n) is 23.3. The maximum atomic E-state index is 15.0. The van der Waals surface area contributed by atoms with Crippen LogP contribution in [0.5, 0.6) is 5.75 Å². The monoisotopic (exact) mass is 550 g/mol. The van der Waals surface area contributed by atoms with E-state index in [9.17, 15) is 17.6 Å². The van der Waals surface area contributed by atoms with E-state index in [4.69, 9.17) is 14.2 Å². The van der Waals surface area contributed by atoms with Gasteiger partial charge in [0.2, 0.25) is 5.82 Å². The van der Waals surface area contributed by atoms with E-state index in [2.05, 4.69) is 6.92 Å². The number of unbranched alkanes of at least 4 members (excludes halogenated alkanes) is 1. The molecular weight excluding hydrogens is 508 g/mol. The molecule has 0 N–H and O–H groups in total. The van der Waals surface area contributed by atoms with Crippen LogP contribution in [0.4, 0.5) is 17.6 Å². The fourth-order valence-corrected chi connectivity index (χ4v) is 5.90. The minimum Gasteiger partial charge on any atom is -0.490 e. The second-order valence-electron chi connectivity index (χ2n) is 11.1. The summed E-state index contributed by atoms with van der Waals surface area (Å²) < 4.78 is 76.4. The first-order valence-corrected chi connectivity index (χ1v) is 14.7. The predicted molar refractivity (Wildman–Crippen MR) is 144 cm³/mol. The summed E-state index contributed by atoms with van der Waals surface area (Å²) in [5.74, 6) is -3.51. The van der Waals surface area contributed by atoms with Crippen molar-refractivity contribution < 1.29 is 31.8 Å². The van der Waals surface area contributed by atoms with Crippen molar-refractivity contribution >= 4 is 0 Å². The highest BCUT2D eigenvalue weighted by Gasteiger charge is 2.29. The molecule has 0 radical (unpaired) electrons. The van der Waals surface area contributed by atoms with Crippen molar-refractivity contribution in [2.24, 2.45) is 0 Å². The molecule has 2 aromatic carbocycles. The van der Waals surface area contributed by atoms with Gasteiger partial charge in [0.15, 0.2) is 23.2 Å². The molecule has 7 heteroatoms. The molecule has 0 heterocycles. The van der Waals surface area contributed by atoms with Crippen LogP contribution in [-0.2, 0) is 16.1 Å². The molecule has 0 unspecified atom stereocenters. The molecule has 0 amide bonds. The van der Waals surface area contributed by atoms with Gasteiger partial charge in [-0.3, -0.25) is 0 Å². The molecule has 216 valence electrons. The van der Waals surface area contributed by atoms with E-state index in [-0.39, 0.29) is 42.0 Å². The van der Waals surface area contributed by atoms with Crippen LogP contribution in [-0.4, -0.2) is 25.4 Å². The first-order valence-electron chi connectivity index (χ1n) is 14.7. The highest BCUT2D eigenvalue weighted by molar-refractivity contribution is 5.33. The Morgan fingerprint density at radius 1 is 0.615 bits per heavy atom. The number of rotatable bonds is 12. The Bertz CT molecular complexity index is 1060. The highest BCUT2D eigenvalue weighted by Crippen LogP contribution is 2.39. The van der Waals surface area contributed by atoms with E-state index >= 15 is 0 Å². The van der Waals surface area contributed by atoms with Crippen LogP contribution in [0, 0.1) is 23.3 Å². The van der Waals surface area contributed by atoms with Crippen LogP contribution in [0.15, 0.2) is 24.3 Å². The van der Waals surface area contributed by atoms with E-state index in [0.717, 1.165) is 51.6 Å². The third-order valence-electron chi connectivity index (χ3n) is 8.28. The molecule has 3 nitrogen and oxygen atoms in total. The van der Waals surface area contributed by atoms with Gasteiger partial charge in [-0.2, -0.15) is 4.39 Å². The predicted octanol–water partition coefficient (Wildman–Crippen LogP) is 9.12. The summed E-state index contributed by atoms with van der Waals surface area (Å²) >= 11 is 0. The maximum absolute atomic E-state index is 15.0. The number of hydrogen-bond donors (Lipinski definition) is 0. The second-order valence-corrected chi connectivity index (χ2v) is 11.1. The first-order chi connectivity index (χ1) is 18.9. The van der Waals surface area contributed by atoms with Crippen LogP contribution in [0.3, 0.4) is 0 Å². The highest BCUT2D eigenvalue weighted by atomic mass is 19.2. The molecule has 39 heavy (non-hydrogen) atoms. The standard InChI is InChI=1S/C32H42F4O3/c1-3-5-19-38-28-17-16-27(31(35)32(28)36)22-8-13-25(14-9-22)39-20-23-10-15-26(30(34)29(23)33)21-6-11-24(12-7-21)37-18-4-2/h10,15-17,21-22,24-25H,3-9,11-14,18-20H2,1-2H3. The zero-order valence-corrected chi connectivity index (χ0v) is 23.3. The summed E-state index contributed by atoms with van der Waals surface area (Å²) in [5, 5.41) is 0. The minimum absolute atomic E-state index is 0.00780. The molecule has 0 aliphatic heterocycles. The number of ether oxygens (including phenoxy) is 3. The number of benzene rings is 2. The van der Waals surface area contributed by atoms with Crippen LogP contribution < -0.4 is 4.74 Å².